The Morgan fingerprint density at radius 1 is 0.800 bits per heavy atom. The van der Waals surface area contributed by atoms with Gasteiger partial charge in [-0.3, -0.25) is 28.8 Å². The van der Waals surface area contributed by atoms with Crippen molar-refractivity contribution in [1.29, 1.82) is 0 Å². The Morgan fingerprint density at radius 2 is 1.37 bits per heavy atom. The molecule has 0 aromatic heterocycles. The van der Waals surface area contributed by atoms with Crippen molar-refractivity contribution >= 4 is 47.3 Å². The van der Waals surface area contributed by atoms with E-state index in [-0.39, 0.29) is 38.3 Å². The molecule has 12 nitrogen and oxygen atoms in total. The lowest BCUT2D eigenvalue weighted by Crippen LogP contribution is -2.50. The molecule has 2 unspecified atom stereocenters. The number of rotatable bonds is 16. The van der Waals surface area contributed by atoms with Crippen LogP contribution in [0.2, 0.25) is 0 Å². The van der Waals surface area contributed by atoms with Crippen molar-refractivity contribution in [3.05, 3.63) is 0 Å². The Morgan fingerprint density at radius 3 is 1.86 bits per heavy atom. The summed E-state index contributed by atoms with van der Waals surface area (Å²) in [6.07, 6.45) is -0.558. The molecule has 0 rings (SSSR count). The van der Waals surface area contributed by atoms with Crippen LogP contribution >= 0.6 is 11.8 Å². The van der Waals surface area contributed by atoms with Crippen molar-refractivity contribution in [3.63, 3.8) is 0 Å². The minimum atomic E-state index is -1.15. The van der Waals surface area contributed by atoms with Gasteiger partial charge < -0.3 is 31.5 Å². The van der Waals surface area contributed by atoms with E-state index in [4.69, 9.17) is 10.2 Å². The molecule has 0 aliphatic heterocycles. The average Bonchev–Trinajstić information content (AvgIpc) is 2.84. The molecule has 35 heavy (non-hydrogen) atoms. The van der Waals surface area contributed by atoms with Gasteiger partial charge in [0, 0.05) is 32.4 Å². The maximum absolute atomic E-state index is 12.2. The molecule has 0 spiro atoms. The summed E-state index contributed by atoms with van der Waals surface area (Å²) in [5.41, 5.74) is 0. The van der Waals surface area contributed by atoms with Gasteiger partial charge >= 0.3 is 11.9 Å². The quantitative estimate of drug-likeness (QED) is 0.159. The molecule has 0 saturated heterocycles. The molecule has 4 amide bonds. The fourth-order valence-corrected chi connectivity index (χ4v) is 3.07. The number of carbonyl (C=O) groups is 6. The summed E-state index contributed by atoms with van der Waals surface area (Å²) in [6, 6.07) is -1.15. The Balaban J connectivity index is -0.00000242. The second-order valence-electron chi connectivity index (χ2n) is 6.31. The second-order valence-corrected chi connectivity index (χ2v) is 7.79. The fourth-order valence-electron chi connectivity index (χ4n) is 2.26. The van der Waals surface area contributed by atoms with E-state index < -0.39 is 47.5 Å². The maximum atomic E-state index is 12.2. The van der Waals surface area contributed by atoms with Gasteiger partial charge in [-0.1, -0.05) is 41.5 Å². The summed E-state index contributed by atoms with van der Waals surface area (Å²) < 4.78 is 0. The van der Waals surface area contributed by atoms with E-state index in [1.807, 2.05) is 27.7 Å². The molecule has 0 fully saturated rings. The van der Waals surface area contributed by atoms with Crippen LogP contribution in [0.3, 0.4) is 0 Å². The lowest BCUT2D eigenvalue weighted by molar-refractivity contribution is -0.139. The predicted octanol–water partition coefficient (Wildman–Crippen LogP) is 0.743. The van der Waals surface area contributed by atoms with Crippen LogP contribution in [0.5, 0.6) is 0 Å². The fraction of sp³-hybridized carbons (Fsp3) is 0.727. The standard InChI is InChI=1S/C18H30N4O8S.2C2H6/c1-3-13(23)19-7-8-20-17(28)11(5-6-16(26)27)22-15(25)10-21-14(24)9-12(18(29)30)31-4-2;2*1-2/h11-12H,3-10H2,1-2H3,(H,19,23)(H,20,28)(H,21,24)(H,22,25)(H,26,27)(H,29,30);2*1-2H3. The second kappa shape index (κ2) is 24.3. The highest BCUT2D eigenvalue weighted by Gasteiger charge is 2.23. The first-order chi connectivity index (χ1) is 16.6. The Labute approximate surface area is 211 Å². The molecular weight excluding hydrogens is 480 g/mol. The minimum absolute atomic E-state index is 0.0897. The molecule has 2 atom stereocenters. The van der Waals surface area contributed by atoms with Crippen molar-refractivity contribution in [2.45, 2.75) is 78.5 Å². The highest BCUT2D eigenvalue weighted by atomic mass is 32.2. The largest absolute Gasteiger partial charge is 0.481 e. The van der Waals surface area contributed by atoms with Crippen molar-refractivity contribution in [3.8, 4) is 0 Å². The van der Waals surface area contributed by atoms with Gasteiger partial charge in [0.1, 0.15) is 11.3 Å². The molecule has 0 saturated carbocycles. The van der Waals surface area contributed by atoms with Gasteiger partial charge in [0.05, 0.1) is 6.54 Å². The highest BCUT2D eigenvalue weighted by molar-refractivity contribution is 8.00. The molecule has 0 aromatic carbocycles. The first-order valence-corrected chi connectivity index (χ1v) is 12.8. The van der Waals surface area contributed by atoms with Crippen LogP contribution in [-0.2, 0) is 28.8 Å². The zero-order chi connectivity index (χ0) is 27.8. The van der Waals surface area contributed by atoms with Crippen LogP contribution in [0.1, 0.15) is 67.2 Å². The first kappa shape index (κ1) is 36.7. The average molecular weight is 523 g/mol. The van der Waals surface area contributed by atoms with E-state index in [2.05, 4.69) is 21.3 Å². The van der Waals surface area contributed by atoms with Crippen molar-refractivity contribution in [1.82, 2.24) is 21.3 Å². The molecule has 6 N–H and O–H groups in total. The van der Waals surface area contributed by atoms with Gasteiger partial charge in [-0.05, 0) is 12.2 Å². The van der Waals surface area contributed by atoms with Gasteiger partial charge in [-0.2, -0.15) is 0 Å². The first-order valence-electron chi connectivity index (χ1n) is 11.8. The molecule has 0 aliphatic rings. The van der Waals surface area contributed by atoms with Crippen LogP contribution in [0, 0.1) is 0 Å². The number of hydrogen-bond donors (Lipinski definition) is 6. The third kappa shape index (κ3) is 21.4. The van der Waals surface area contributed by atoms with Gasteiger partial charge in [-0.25, -0.2) is 0 Å². The number of carboxylic acid groups (broad SMARTS) is 2. The van der Waals surface area contributed by atoms with E-state index in [0.29, 0.717) is 12.2 Å². The molecule has 0 heterocycles. The summed E-state index contributed by atoms with van der Waals surface area (Å²) in [5, 5.41) is 26.6. The lowest BCUT2D eigenvalue weighted by atomic mass is 10.1. The number of thioether (sulfide) groups is 1. The summed E-state index contributed by atoms with van der Waals surface area (Å²) in [4.78, 5) is 69.2. The molecule has 0 aromatic rings. The molecule has 204 valence electrons. The summed E-state index contributed by atoms with van der Waals surface area (Å²) in [5.74, 6) is -3.96. The number of carbonyl (C=O) groups excluding carboxylic acids is 4. The van der Waals surface area contributed by atoms with Crippen LogP contribution in [0.25, 0.3) is 0 Å². The Bertz CT molecular complexity index is 661. The van der Waals surface area contributed by atoms with E-state index in [0.717, 1.165) is 11.8 Å². The summed E-state index contributed by atoms with van der Waals surface area (Å²) in [7, 11) is 0. The number of hydrogen-bond acceptors (Lipinski definition) is 7. The number of carboxylic acids is 2. The number of nitrogens with one attached hydrogen (secondary N) is 4. The van der Waals surface area contributed by atoms with Crippen LogP contribution in [-0.4, -0.2) is 82.5 Å². The third-order valence-corrected chi connectivity index (χ3v) is 4.93. The van der Waals surface area contributed by atoms with Crippen LogP contribution < -0.4 is 21.3 Å². The molecule has 0 radical (unpaired) electrons. The topological polar surface area (TPSA) is 191 Å². The SMILES string of the molecule is CC.CC.CCSC(CC(=O)NCC(=O)NC(CCC(=O)O)C(=O)NCCNC(=O)CC)C(=O)O. The molecular formula is C22H42N4O8S. The predicted molar refractivity (Wildman–Crippen MR) is 135 cm³/mol. The van der Waals surface area contributed by atoms with E-state index in [1.54, 1.807) is 13.8 Å². The van der Waals surface area contributed by atoms with Gasteiger partial charge in [0.15, 0.2) is 0 Å². The maximum Gasteiger partial charge on any atom is 0.317 e. The van der Waals surface area contributed by atoms with E-state index >= 15 is 0 Å². The number of aliphatic carboxylic acids is 2. The van der Waals surface area contributed by atoms with Crippen molar-refractivity contribution < 1.29 is 39.0 Å². The van der Waals surface area contributed by atoms with Crippen LogP contribution in [0.15, 0.2) is 0 Å². The molecule has 0 bridgehead atoms. The van der Waals surface area contributed by atoms with Crippen molar-refractivity contribution in [2.24, 2.45) is 0 Å². The molecule has 0 aliphatic carbocycles. The normalized spacial score (nSPS) is 11.1. The Kier molecular flexibility index (Phi) is 25.5. The third-order valence-electron chi connectivity index (χ3n) is 3.83. The smallest absolute Gasteiger partial charge is 0.317 e. The monoisotopic (exact) mass is 522 g/mol. The Hall–Kier alpha value is -2.83. The summed E-state index contributed by atoms with van der Waals surface area (Å²) in [6.45, 7) is 11.2. The molecule has 13 heteroatoms. The van der Waals surface area contributed by atoms with E-state index in [9.17, 15) is 28.8 Å². The number of amides is 4. The van der Waals surface area contributed by atoms with Gasteiger partial charge in [0.2, 0.25) is 23.6 Å². The van der Waals surface area contributed by atoms with Gasteiger partial charge in [0.25, 0.3) is 0 Å². The highest BCUT2D eigenvalue weighted by Crippen LogP contribution is 2.14. The van der Waals surface area contributed by atoms with Gasteiger partial charge in [-0.15, -0.1) is 11.8 Å². The van der Waals surface area contributed by atoms with Crippen LogP contribution in [0.4, 0.5) is 0 Å². The zero-order valence-corrected chi connectivity index (χ0v) is 22.4. The minimum Gasteiger partial charge on any atom is -0.481 e. The zero-order valence-electron chi connectivity index (χ0n) is 21.6. The lowest BCUT2D eigenvalue weighted by Gasteiger charge is -2.18. The van der Waals surface area contributed by atoms with Crippen molar-refractivity contribution in [2.75, 3.05) is 25.4 Å². The summed E-state index contributed by atoms with van der Waals surface area (Å²) >= 11 is 1.09. The van der Waals surface area contributed by atoms with E-state index in [1.165, 1.54) is 0 Å².